The molecule has 7 nitrogen and oxygen atoms in total. The van der Waals surface area contributed by atoms with Gasteiger partial charge in [-0.05, 0) is 18.3 Å². The van der Waals surface area contributed by atoms with Crippen molar-refractivity contribution >= 4 is 28.9 Å². The number of aryl methyl sites for hydroxylation is 2. The lowest BCUT2D eigenvalue weighted by Crippen LogP contribution is -2.23. The molecule has 0 bridgehead atoms. The molecule has 22 heavy (non-hydrogen) atoms. The lowest BCUT2D eigenvalue weighted by atomic mass is 10.1. The Morgan fingerprint density at radius 2 is 2.00 bits per heavy atom. The highest BCUT2D eigenvalue weighted by atomic mass is 32.1. The predicted molar refractivity (Wildman–Crippen MR) is 85.3 cm³/mol. The molecule has 4 aromatic rings. The Kier molecular flexibility index (Phi) is 2.58. The van der Waals surface area contributed by atoms with E-state index in [9.17, 15) is 4.79 Å². The summed E-state index contributed by atoms with van der Waals surface area (Å²) in [5, 5.41) is 12.1. The van der Waals surface area contributed by atoms with Gasteiger partial charge in [-0.1, -0.05) is 18.2 Å². The third-order valence-electron chi connectivity index (χ3n) is 3.79. The molecular weight excluding hydrogens is 300 g/mol. The number of para-hydroxylation sites is 1. The van der Waals surface area contributed by atoms with Crippen molar-refractivity contribution in [3.8, 4) is 11.3 Å². The van der Waals surface area contributed by atoms with Gasteiger partial charge in [-0.25, -0.2) is 5.10 Å². The Bertz CT molecular complexity index is 1150. The molecule has 0 aliphatic rings. The van der Waals surface area contributed by atoms with Crippen molar-refractivity contribution in [1.82, 2.24) is 28.9 Å². The topological polar surface area (TPSA) is 72.9 Å². The van der Waals surface area contributed by atoms with Crippen LogP contribution in [0.2, 0.25) is 0 Å². The number of aromatic amines is 1. The van der Waals surface area contributed by atoms with Gasteiger partial charge in [0.1, 0.15) is 0 Å². The third kappa shape index (κ3) is 1.61. The predicted octanol–water partition coefficient (Wildman–Crippen LogP) is 1.64. The highest BCUT2D eigenvalue weighted by Gasteiger charge is 2.17. The molecule has 0 fully saturated rings. The molecule has 1 aromatic carbocycles. The molecule has 8 heteroatoms. The summed E-state index contributed by atoms with van der Waals surface area (Å²) in [6, 6.07) is 7.89. The molecule has 0 aliphatic heterocycles. The molecule has 110 valence electrons. The Morgan fingerprint density at radius 1 is 1.23 bits per heavy atom. The molecule has 0 radical (unpaired) electrons. The van der Waals surface area contributed by atoms with Gasteiger partial charge in [0.05, 0.1) is 0 Å². The number of rotatable bonds is 1. The van der Waals surface area contributed by atoms with E-state index in [4.69, 9.17) is 12.2 Å². The van der Waals surface area contributed by atoms with Crippen LogP contribution in [0.5, 0.6) is 0 Å². The monoisotopic (exact) mass is 312 g/mol. The Hall–Kier alpha value is -2.74. The fraction of sp³-hybridized carbons (Fsp3) is 0.143. The average Bonchev–Trinajstić information content (AvgIpc) is 3.05. The van der Waals surface area contributed by atoms with Gasteiger partial charge in [0.25, 0.3) is 11.3 Å². The number of fused-ring (bicyclic) bond motifs is 2. The van der Waals surface area contributed by atoms with E-state index < -0.39 is 0 Å². The van der Waals surface area contributed by atoms with Gasteiger partial charge in [-0.15, -0.1) is 5.10 Å². The van der Waals surface area contributed by atoms with Crippen LogP contribution in [0.3, 0.4) is 0 Å². The van der Waals surface area contributed by atoms with Crippen LogP contribution < -0.4 is 5.56 Å². The van der Waals surface area contributed by atoms with Crippen LogP contribution in [-0.2, 0) is 14.1 Å². The average molecular weight is 312 g/mol. The molecule has 0 saturated heterocycles. The molecule has 0 aliphatic carbocycles. The minimum Gasteiger partial charge on any atom is -0.350 e. The summed E-state index contributed by atoms with van der Waals surface area (Å²) in [7, 11) is 3.60. The van der Waals surface area contributed by atoms with E-state index in [2.05, 4.69) is 15.3 Å². The maximum Gasteiger partial charge on any atom is 0.281 e. The number of hydrogen-bond donors (Lipinski definition) is 1. The van der Waals surface area contributed by atoms with E-state index in [1.807, 2.05) is 42.1 Å². The molecule has 3 aromatic heterocycles. The third-order valence-corrected chi connectivity index (χ3v) is 4.06. The van der Waals surface area contributed by atoms with Crippen LogP contribution in [0.1, 0.15) is 0 Å². The van der Waals surface area contributed by atoms with Gasteiger partial charge in [-0.2, -0.15) is 9.61 Å². The van der Waals surface area contributed by atoms with Gasteiger partial charge in [0, 0.05) is 36.8 Å². The highest BCUT2D eigenvalue weighted by Crippen LogP contribution is 2.26. The molecular formula is C14H12N6OS. The zero-order chi connectivity index (χ0) is 15.4. The van der Waals surface area contributed by atoms with Crippen LogP contribution in [0.25, 0.3) is 27.9 Å². The summed E-state index contributed by atoms with van der Waals surface area (Å²) in [5.41, 5.74) is 1.96. The quantitative estimate of drug-likeness (QED) is 0.542. The summed E-state index contributed by atoms with van der Waals surface area (Å²) in [5.74, 6) is 0.388. The summed E-state index contributed by atoms with van der Waals surface area (Å²) in [6.45, 7) is 0. The van der Waals surface area contributed by atoms with Crippen LogP contribution in [0, 0.1) is 4.77 Å². The Morgan fingerprint density at radius 3 is 2.82 bits per heavy atom. The molecule has 3 heterocycles. The molecule has 0 atom stereocenters. The Labute approximate surface area is 129 Å². The maximum atomic E-state index is 12.6. The highest BCUT2D eigenvalue weighted by molar-refractivity contribution is 7.71. The number of nitrogens with one attached hydrogen (secondary N) is 1. The molecule has 0 unspecified atom stereocenters. The molecule has 0 spiro atoms. The zero-order valence-electron chi connectivity index (χ0n) is 11.9. The zero-order valence-corrected chi connectivity index (χ0v) is 12.8. The minimum absolute atomic E-state index is 0.210. The minimum atomic E-state index is -0.210. The lowest BCUT2D eigenvalue weighted by Gasteiger charge is -2.03. The fourth-order valence-corrected chi connectivity index (χ4v) is 2.85. The van der Waals surface area contributed by atoms with E-state index >= 15 is 0 Å². The van der Waals surface area contributed by atoms with Crippen molar-refractivity contribution in [1.29, 1.82) is 0 Å². The number of hydrogen-bond acceptors (Lipinski definition) is 4. The van der Waals surface area contributed by atoms with Gasteiger partial charge >= 0.3 is 0 Å². The van der Waals surface area contributed by atoms with Crippen LogP contribution in [0.4, 0.5) is 0 Å². The normalized spacial score (nSPS) is 11.5. The van der Waals surface area contributed by atoms with E-state index in [0.29, 0.717) is 16.2 Å². The second-order valence-electron chi connectivity index (χ2n) is 5.12. The van der Waals surface area contributed by atoms with Gasteiger partial charge in [0.2, 0.25) is 4.77 Å². The van der Waals surface area contributed by atoms with Crippen molar-refractivity contribution in [2.45, 2.75) is 0 Å². The van der Waals surface area contributed by atoms with Crippen LogP contribution in [-0.4, -0.2) is 28.9 Å². The second-order valence-corrected chi connectivity index (χ2v) is 5.51. The first kappa shape index (κ1) is 13.0. The smallest absolute Gasteiger partial charge is 0.281 e. The molecule has 4 rings (SSSR count). The number of aromatic nitrogens is 6. The number of nitrogens with zero attached hydrogens (tertiary/aromatic N) is 5. The van der Waals surface area contributed by atoms with Crippen molar-refractivity contribution < 1.29 is 0 Å². The summed E-state index contributed by atoms with van der Waals surface area (Å²) in [6.07, 6.45) is 1.91. The summed E-state index contributed by atoms with van der Waals surface area (Å²) >= 11 is 5.16. The SMILES string of the molecule is Cn1cc(-c2nn3c(=S)[nH]nc3n(C)c2=O)c2ccccc21. The first-order valence-corrected chi connectivity index (χ1v) is 7.07. The second kappa shape index (κ2) is 4.38. The van der Waals surface area contributed by atoms with Gasteiger partial charge in [-0.3, -0.25) is 9.36 Å². The van der Waals surface area contributed by atoms with E-state index in [0.717, 1.165) is 16.5 Å². The van der Waals surface area contributed by atoms with E-state index in [-0.39, 0.29) is 5.56 Å². The maximum absolute atomic E-state index is 12.6. The standard InChI is InChI=1S/C14H12N6OS/c1-18-7-9(8-5-3-4-6-10(8)18)11-12(21)19(2)13-15-16-14(22)20(13)17-11/h3-7H,1-2H3,(H,16,22). The molecule has 0 amide bonds. The van der Waals surface area contributed by atoms with E-state index in [1.54, 1.807) is 7.05 Å². The van der Waals surface area contributed by atoms with Crippen molar-refractivity contribution in [2.24, 2.45) is 14.1 Å². The van der Waals surface area contributed by atoms with Gasteiger partial charge < -0.3 is 4.57 Å². The number of H-pyrrole nitrogens is 1. The van der Waals surface area contributed by atoms with Crippen LogP contribution in [0.15, 0.2) is 35.3 Å². The van der Waals surface area contributed by atoms with Crippen molar-refractivity contribution in [3.05, 3.63) is 45.6 Å². The first-order valence-electron chi connectivity index (χ1n) is 6.67. The molecule has 1 N–H and O–H groups in total. The van der Waals surface area contributed by atoms with Gasteiger partial charge in [0.15, 0.2) is 5.69 Å². The van der Waals surface area contributed by atoms with E-state index in [1.165, 1.54) is 9.08 Å². The summed E-state index contributed by atoms with van der Waals surface area (Å²) in [4.78, 5) is 12.6. The van der Waals surface area contributed by atoms with Crippen molar-refractivity contribution in [2.75, 3.05) is 0 Å². The number of benzene rings is 1. The summed E-state index contributed by atoms with van der Waals surface area (Å²) < 4.78 is 5.24. The largest absolute Gasteiger partial charge is 0.350 e. The van der Waals surface area contributed by atoms with Crippen LogP contribution >= 0.6 is 12.2 Å². The molecule has 0 saturated carbocycles. The first-order chi connectivity index (χ1) is 10.6. The fourth-order valence-electron chi connectivity index (χ4n) is 2.68. The van der Waals surface area contributed by atoms with Crippen molar-refractivity contribution in [3.63, 3.8) is 0 Å². The lowest BCUT2D eigenvalue weighted by molar-refractivity contribution is 0.778. The Balaban J connectivity index is 2.17.